The molecule has 5 rings (SSSR count). The van der Waals surface area contributed by atoms with Crippen LogP contribution in [0.1, 0.15) is 6.92 Å². The highest BCUT2D eigenvalue weighted by Crippen LogP contribution is 2.34. The molecule has 0 spiro atoms. The van der Waals surface area contributed by atoms with Crippen molar-refractivity contribution >= 4 is 67.9 Å². The summed E-state index contributed by atoms with van der Waals surface area (Å²) in [4.78, 5) is 30.4. The lowest BCUT2D eigenvalue weighted by Gasteiger charge is -2.35. The van der Waals surface area contributed by atoms with Crippen molar-refractivity contribution in [2.24, 2.45) is 0 Å². The monoisotopic (exact) mass is 557 g/mol. The Morgan fingerprint density at radius 3 is 2.49 bits per heavy atom. The van der Waals surface area contributed by atoms with Crippen LogP contribution < -0.4 is 19.3 Å². The zero-order valence-corrected chi connectivity index (χ0v) is 22.5. The van der Waals surface area contributed by atoms with Crippen molar-refractivity contribution in [3.05, 3.63) is 78.9 Å². The van der Waals surface area contributed by atoms with E-state index in [1.165, 1.54) is 11.3 Å². The average Bonchev–Trinajstić information content (AvgIpc) is 3.35. The molecule has 0 N–H and O–H groups in total. The van der Waals surface area contributed by atoms with Gasteiger partial charge in [0, 0.05) is 12.7 Å². The molecule has 1 atom stereocenters. The van der Waals surface area contributed by atoms with E-state index in [9.17, 15) is 9.59 Å². The number of nitrogens with zero attached hydrogens (tertiary/aromatic N) is 3. The van der Waals surface area contributed by atoms with E-state index in [0.29, 0.717) is 17.6 Å². The summed E-state index contributed by atoms with van der Waals surface area (Å²) in [5, 5.41) is 0.519. The van der Waals surface area contributed by atoms with E-state index in [1.54, 1.807) is 16.8 Å². The van der Waals surface area contributed by atoms with E-state index in [2.05, 4.69) is 4.98 Å². The van der Waals surface area contributed by atoms with Gasteiger partial charge in [0.2, 0.25) is 0 Å². The van der Waals surface area contributed by atoms with Crippen LogP contribution in [0, 0.1) is 0 Å². The molecule has 1 aliphatic heterocycles. The van der Waals surface area contributed by atoms with Crippen LogP contribution in [0.5, 0.6) is 10.9 Å². The number of likely N-dealkylation sites (N-methyl/N-ethyl adjacent to an activating group) is 1. The number of alkyl halides is 2. The minimum Gasteiger partial charge on any atom is -0.489 e. The highest BCUT2D eigenvalue weighted by Gasteiger charge is 2.32. The van der Waals surface area contributed by atoms with Crippen molar-refractivity contribution in [2.45, 2.75) is 17.8 Å². The van der Waals surface area contributed by atoms with Gasteiger partial charge in [-0.3, -0.25) is 9.59 Å². The molecule has 1 aromatic heterocycles. The number of aromatic nitrogens is 1. The third-order valence-corrected chi connectivity index (χ3v) is 6.90. The Morgan fingerprint density at radius 2 is 1.76 bits per heavy atom. The second kappa shape index (κ2) is 12.3. The standard InChI is InChI=1S/C16H14N2O2S.C11H11Cl2NO2/c1-18(12-7-3-2-4-8-12)15(19)11-20-16-17-13-9-5-6-10-14(13)21-16;1-7-6-16-9-5-3-2-4-8(9)14(7)11(15)10(12)13/h2-10H,11H2,1H3;2-5,7,10H,6H2,1H3. The Morgan fingerprint density at radius 1 is 1.08 bits per heavy atom. The maximum Gasteiger partial charge on any atom is 0.274 e. The molecule has 0 saturated carbocycles. The van der Waals surface area contributed by atoms with Gasteiger partial charge < -0.3 is 19.3 Å². The minimum absolute atomic E-state index is 0.0226. The summed E-state index contributed by atoms with van der Waals surface area (Å²) in [6.45, 7) is 2.32. The Labute approximate surface area is 229 Å². The lowest BCUT2D eigenvalue weighted by atomic mass is 10.1. The fourth-order valence-corrected chi connectivity index (χ4v) is 4.70. The number of halogens is 2. The summed E-state index contributed by atoms with van der Waals surface area (Å²) in [6, 6.07) is 24.5. The first-order valence-corrected chi connectivity index (χ1v) is 13.2. The Bertz CT molecular complexity index is 1330. The number of hydrogen-bond acceptors (Lipinski definition) is 6. The second-order valence-corrected chi connectivity index (χ2v) is 10.3. The average molecular weight is 558 g/mol. The number of benzene rings is 3. The van der Waals surface area contributed by atoms with Gasteiger partial charge in [-0.1, -0.05) is 77.0 Å². The predicted molar refractivity (Wildman–Crippen MR) is 149 cm³/mol. The number of fused-ring (bicyclic) bond motifs is 2. The smallest absolute Gasteiger partial charge is 0.274 e. The Hall–Kier alpha value is -3.33. The van der Waals surface area contributed by atoms with Gasteiger partial charge in [-0.25, -0.2) is 4.98 Å². The maximum absolute atomic E-state index is 12.1. The zero-order valence-electron chi connectivity index (χ0n) is 20.2. The number of hydrogen-bond donors (Lipinski definition) is 0. The Kier molecular flexibility index (Phi) is 8.87. The lowest BCUT2D eigenvalue weighted by Crippen LogP contribution is -2.47. The number of ether oxygens (including phenoxy) is 2. The van der Waals surface area contributed by atoms with Crippen molar-refractivity contribution in [3.8, 4) is 10.9 Å². The van der Waals surface area contributed by atoms with Crippen LogP contribution in [0.4, 0.5) is 11.4 Å². The van der Waals surface area contributed by atoms with Gasteiger partial charge in [0.15, 0.2) is 11.4 Å². The van der Waals surface area contributed by atoms with Crippen LogP contribution in [0.25, 0.3) is 10.2 Å². The van der Waals surface area contributed by atoms with E-state index in [1.807, 2.05) is 85.8 Å². The molecular weight excluding hydrogens is 533 g/mol. The highest BCUT2D eigenvalue weighted by atomic mass is 35.5. The number of thiazole rings is 1. The number of para-hydroxylation sites is 4. The van der Waals surface area contributed by atoms with Gasteiger partial charge >= 0.3 is 0 Å². The van der Waals surface area contributed by atoms with Crippen molar-refractivity contribution < 1.29 is 19.1 Å². The molecule has 10 heteroatoms. The van der Waals surface area contributed by atoms with Crippen LogP contribution in [-0.4, -0.2) is 47.9 Å². The van der Waals surface area contributed by atoms with Crippen LogP contribution in [0.2, 0.25) is 0 Å². The van der Waals surface area contributed by atoms with Crippen molar-refractivity contribution in [3.63, 3.8) is 0 Å². The van der Waals surface area contributed by atoms with E-state index >= 15 is 0 Å². The van der Waals surface area contributed by atoms with Crippen LogP contribution in [0.15, 0.2) is 78.9 Å². The second-order valence-electron chi connectivity index (χ2n) is 8.16. The summed E-state index contributed by atoms with van der Waals surface area (Å²) >= 11 is 12.7. The normalized spacial score (nSPS) is 14.3. The van der Waals surface area contributed by atoms with E-state index in [-0.39, 0.29) is 24.5 Å². The van der Waals surface area contributed by atoms with Gasteiger partial charge in [-0.2, -0.15) is 0 Å². The summed E-state index contributed by atoms with van der Waals surface area (Å²) in [5.41, 5.74) is 2.45. The number of rotatable bonds is 5. The number of amides is 2. The summed E-state index contributed by atoms with van der Waals surface area (Å²) < 4.78 is 12.1. The molecule has 2 amide bonds. The third kappa shape index (κ3) is 6.52. The molecule has 0 saturated heterocycles. The van der Waals surface area contributed by atoms with Gasteiger partial charge in [0.25, 0.3) is 17.0 Å². The first kappa shape index (κ1) is 26.7. The van der Waals surface area contributed by atoms with E-state index in [0.717, 1.165) is 21.6 Å². The molecular formula is C27H25Cl2N3O4S. The molecule has 2 heterocycles. The molecule has 0 fully saturated rings. The molecule has 192 valence electrons. The first-order valence-electron chi connectivity index (χ1n) is 11.5. The van der Waals surface area contributed by atoms with Crippen molar-refractivity contribution in [1.82, 2.24) is 4.98 Å². The molecule has 4 aromatic rings. The molecule has 1 unspecified atom stereocenters. The van der Waals surface area contributed by atoms with Gasteiger partial charge in [-0.15, -0.1) is 0 Å². The van der Waals surface area contributed by atoms with Gasteiger partial charge in [0.05, 0.1) is 21.9 Å². The molecule has 3 aromatic carbocycles. The first-order chi connectivity index (χ1) is 17.8. The quantitative estimate of drug-likeness (QED) is 0.284. The van der Waals surface area contributed by atoms with E-state index in [4.69, 9.17) is 32.7 Å². The molecule has 1 aliphatic rings. The zero-order chi connectivity index (χ0) is 26.4. The number of carbonyl (C=O) groups excluding carboxylic acids is 2. The van der Waals surface area contributed by atoms with Crippen molar-refractivity contribution in [1.29, 1.82) is 0 Å². The number of carbonyl (C=O) groups is 2. The largest absolute Gasteiger partial charge is 0.489 e. The SMILES string of the molecule is CC1COc2ccccc2N1C(=O)C(Cl)Cl.CN(C(=O)COc1nc2ccccc2s1)c1ccccc1. The summed E-state index contributed by atoms with van der Waals surface area (Å²) in [5.74, 6) is 0.259. The van der Waals surface area contributed by atoms with Gasteiger partial charge in [0.1, 0.15) is 12.4 Å². The molecule has 37 heavy (non-hydrogen) atoms. The number of anilines is 2. The topological polar surface area (TPSA) is 72.0 Å². The van der Waals surface area contributed by atoms with Crippen LogP contribution >= 0.6 is 34.5 Å². The van der Waals surface area contributed by atoms with E-state index < -0.39 is 4.84 Å². The lowest BCUT2D eigenvalue weighted by molar-refractivity contribution is -0.120. The van der Waals surface area contributed by atoms with Gasteiger partial charge in [-0.05, 0) is 43.3 Å². The summed E-state index contributed by atoms with van der Waals surface area (Å²) in [7, 11) is 1.74. The van der Waals surface area contributed by atoms with Crippen LogP contribution in [-0.2, 0) is 9.59 Å². The van der Waals surface area contributed by atoms with Crippen LogP contribution in [0.3, 0.4) is 0 Å². The molecule has 0 bridgehead atoms. The highest BCUT2D eigenvalue weighted by molar-refractivity contribution is 7.20. The Balaban J connectivity index is 0.000000180. The minimum atomic E-state index is -1.05. The fourth-order valence-electron chi connectivity index (χ4n) is 3.67. The maximum atomic E-state index is 12.1. The summed E-state index contributed by atoms with van der Waals surface area (Å²) in [6.07, 6.45) is 0. The molecule has 0 radical (unpaired) electrons. The molecule has 7 nitrogen and oxygen atoms in total. The third-order valence-electron chi connectivity index (χ3n) is 5.58. The predicted octanol–water partition coefficient (Wildman–Crippen LogP) is 5.94. The molecule has 0 aliphatic carbocycles. The fraction of sp³-hybridized carbons (Fsp3) is 0.222. The van der Waals surface area contributed by atoms with Crippen molar-refractivity contribution in [2.75, 3.05) is 30.1 Å².